The zero-order valence-corrected chi connectivity index (χ0v) is 11.0. The van der Waals surface area contributed by atoms with Crippen LogP contribution in [0.3, 0.4) is 0 Å². The molecule has 0 aromatic heterocycles. The Morgan fingerprint density at radius 1 is 1.00 bits per heavy atom. The van der Waals surface area contributed by atoms with Crippen LogP contribution < -0.4 is 0 Å². The van der Waals surface area contributed by atoms with Crippen LogP contribution >= 0.6 is 0 Å². The normalized spacial score (nSPS) is 13.8. The lowest BCUT2D eigenvalue weighted by Crippen LogP contribution is -2.05. The fourth-order valence-corrected chi connectivity index (χ4v) is 3.04. The molecular formula is C14H15NO2S. The molecule has 2 aromatic carbocycles. The molecule has 4 heteroatoms. The number of hydrogen-bond acceptors (Lipinski definition) is 3. The molecule has 0 aliphatic heterocycles. The van der Waals surface area contributed by atoms with Gasteiger partial charge in [-0.15, -0.1) is 0 Å². The third-order valence-corrected chi connectivity index (χ3v) is 4.17. The van der Waals surface area contributed by atoms with E-state index in [1.54, 1.807) is 12.1 Å². The van der Waals surface area contributed by atoms with E-state index in [0.717, 1.165) is 0 Å². The zero-order chi connectivity index (χ0) is 12.8. The summed E-state index contributed by atoms with van der Waals surface area (Å²) in [6, 6.07) is 18.3. The first-order valence-corrected chi connectivity index (χ1v) is 7.20. The Hall–Kier alpha value is -1.65. The summed E-state index contributed by atoms with van der Waals surface area (Å²) in [6.07, 6.45) is 0. The van der Waals surface area contributed by atoms with Crippen LogP contribution in [0.25, 0.3) is 0 Å². The molecule has 1 atom stereocenters. The van der Waals surface area contributed by atoms with Crippen LogP contribution in [0.5, 0.6) is 0 Å². The molecule has 0 fully saturated rings. The monoisotopic (exact) mass is 261 g/mol. The Morgan fingerprint density at radius 3 is 2.11 bits per heavy atom. The van der Waals surface area contributed by atoms with Gasteiger partial charge in [-0.05, 0) is 31.2 Å². The molecule has 0 heterocycles. The lowest BCUT2D eigenvalue weighted by Gasteiger charge is -2.09. The van der Waals surface area contributed by atoms with Crippen LogP contribution in [0, 0.1) is 0 Å². The second-order valence-corrected chi connectivity index (χ2v) is 5.46. The molecule has 3 nitrogen and oxygen atoms in total. The summed E-state index contributed by atoms with van der Waals surface area (Å²) in [4.78, 5) is 0.593. The molecule has 0 aliphatic rings. The molecule has 0 aliphatic carbocycles. The highest BCUT2D eigenvalue weighted by atomic mass is 32.2. The fourth-order valence-electron chi connectivity index (χ4n) is 1.53. The van der Waals surface area contributed by atoms with E-state index in [0.29, 0.717) is 17.2 Å². The first-order valence-electron chi connectivity index (χ1n) is 5.76. The average Bonchev–Trinajstić information content (AvgIpc) is 2.41. The molecular weight excluding hydrogens is 246 g/mol. The van der Waals surface area contributed by atoms with Crippen molar-refractivity contribution in [3.8, 4) is 0 Å². The van der Waals surface area contributed by atoms with Crippen LogP contribution in [-0.4, -0.2) is 10.8 Å². The number of rotatable bonds is 4. The van der Waals surface area contributed by atoms with Crippen LogP contribution in [0.1, 0.15) is 6.92 Å². The Morgan fingerprint density at radius 2 is 1.56 bits per heavy atom. The highest BCUT2D eigenvalue weighted by molar-refractivity contribution is 7.89. The molecule has 18 heavy (non-hydrogen) atoms. The SMILES string of the molecule is CCOS(=O)(=Nc1ccccc1)c1ccccc1. The molecule has 0 saturated carbocycles. The summed E-state index contributed by atoms with van der Waals surface area (Å²) in [5.41, 5.74) is 0.653. The smallest absolute Gasteiger partial charge is 0.198 e. The minimum absolute atomic E-state index is 0.351. The van der Waals surface area contributed by atoms with Gasteiger partial charge in [0.1, 0.15) is 0 Å². The van der Waals surface area contributed by atoms with E-state index in [4.69, 9.17) is 4.18 Å². The maximum atomic E-state index is 12.8. The van der Waals surface area contributed by atoms with Crippen molar-refractivity contribution in [3.63, 3.8) is 0 Å². The van der Waals surface area contributed by atoms with Gasteiger partial charge in [0, 0.05) is 0 Å². The first kappa shape index (κ1) is 12.8. The van der Waals surface area contributed by atoms with Gasteiger partial charge in [-0.25, -0.2) is 4.21 Å². The van der Waals surface area contributed by atoms with Crippen LogP contribution in [-0.2, 0) is 14.2 Å². The summed E-state index contributed by atoms with van der Waals surface area (Å²) < 4.78 is 22.4. The van der Waals surface area contributed by atoms with Crippen molar-refractivity contribution in [1.82, 2.24) is 0 Å². The van der Waals surface area contributed by atoms with Gasteiger partial charge in [-0.2, -0.15) is 4.36 Å². The first-order chi connectivity index (χ1) is 8.74. The Kier molecular flexibility index (Phi) is 4.12. The van der Waals surface area contributed by atoms with Gasteiger partial charge >= 0.3 is 0 Å². The van der Waals surface area contributed by atoms with Gasteiger partial charge in [0.05, 0.1) is 17.2 Å². The highest BCUT2D eigenvalue weighted by Crippen LogP contribution is 2.21. The molecule has 0 N–H and O–H groups in total. The van der Waals surface area contributed by atoms with Crippen LogP contribution in [0.2, 0.25) is 0 Å². The van der Waals surface area contributed by atoms with E-state index < -0.39 is 10.0 Å². The van der Waals surface area contributed by atoms with Crippen molar-refractivity contribution in [1.29, 1.82) is 0 Å². The second-order valence-electron chi connectivity index (χ2n) is 3.62. The van der Waals surface area contributed by atoms with Gasteiger partial charge in [-0.3, -0.25) is 4.18 Å². The van der Waals surface area contributed by atoms with Crippen molar-refractivity contribution in [3.05, 3.63) is 60.7 Å². The quantitative estimate of drug-likeness (QED) is 0.839. The van der Waals surface area contributed by atoms with Crippen molar-refractivity contribution < 1.29 is 8.39 Å². The van der Waals surface area contributed by atoms with Gasteiger partial charge in [0.15, 0.2) is 10.0 Å². The lowest BCUT2D eigenvalue weighted by atomic mass is 10.3. The molecule has 0 spiro atoms. The topological polar surface area (TPSA) is 38.7 Å². The standard InChI is InChI=1S/C14H15NO2S/c1-2-17-18(16,14-11-7-4-8-12-14)15-13-9-5-3-6-10-13/h3-12H,2H2,1H3. The third-order valence-electron chi connectivity index (χ3n) is 2.30. The van der Waals surface area contributed by atoms with E-state index in [1.807, 2.05) is 55.5 Å². The lowest BCUT2D eigenvalue weighted by molar-refractivity contribution is 0.364. The van der Waals surface area contributed by atoms with Crippen molar-refractivity contribution >= 4 is 15.7 Å². The zero-order valence-electron chi connectivity index (χ0n) is 10.2. The molecule has 0 saturated heterocycles. The number of hydrogen-bond donors (Lipinski definition) is 0. The Balaban J connectivity index is 2.52. The van der Waals surface area contributed by atoms with Crippen molar-refractivity contribution in [2.45, 2.75) is 11.8 Å². The minimum atomic E-state index is -2.85. The van der Waals surface area contributed by atoms with E-state index in [-0.39, 0.29) is 0 Å². The molecule has 0 amide bonds. The van der Waals surface area contributed by atoms with Gasteiger partial charge in [0.25, 0.3) is 0 Å². The largest absolute Gasteiger partial charge is 0.281 e. The van der Waals surface area contributed by atoms with Gasteiger partial charge in [0.2, 0.25) is 0 Å². The molecule has 0 bridgehead atoms. The summed E-state index contributed by atoms with van der Waals surface area (Å²) in [7, 11) is -2.85. The fraction of sp³-hybridized carbons (Fsp3) is 0.143. The summed E-state index contributed by atoms with van der Waals surface area (Å²) in [5, 5.41) is 0. The van der Waals surface area contributed by atoms with E-state index in [1.165, 1.54) is 0 Å². The van der Waals surface area contributed by atoms with E-state index in [9.17, 15) is 4.21 Å². The molecule has 0 radical (unpaired) electrons. The summed E-state index contributed by atoms with van der Waals surface area (Å²) >= 11 is 0. The van der Waals surface area contributed by atoms with Crippen LogP contribution in [0.4, 0.5) is 5.69 Å². The Labute approximate surface area is 108 Å². The average molecular weight is 261 g/mol. The molecule has 2 rings (SSSR count). The predicted molar refractivity (Wildman–Crippen MR) is 73.0 cm³/mol. The number of nitrogens with zero attached hydrogens (tertiary/aromatic N) is 1. The third kappa shape index (κ3) is 2.97. The van der Waals surface area contributed by atoms with E-state index in [2.05, 4.69) is 4.36 Å². The van der Waals surface area contributed by atoms with Crippen LogP contribution in [0.15, 0.2) is 69.9 Å². The molecule has 2 aromatic rings. The molecule has 94 valence electrons. The van der Waals surface area contributed by atoms with Crippen molar-refractivity contribution in [2.75, 3.05) is 6.61 Å². The molecule has 1 unspecified atom stereocenters. The minimum Gasteiger partial charge on any atom is -0.281 e. The summed E-state index contributed by atoms with van der Waals surface area (Å²) in [5.74, 6) is 0. The Bertz CT molecular complexity index is 602. The maximum Gasteiger partial charge on any atom is 0.198 e. The van der Waals surface area contributed by atoms with Gasteiger partial charge < -0.3 is 0 Å². The van der Waals surface area contributed by atoms with Gasteiger partial charge in [-0.1, -0.05) is 36.4 Å². The predicted octanol–water partition coefficient (Wildman–Crippen LogP) is 3.80. The maximum absolute atomic E-state index is 12.8. The second kappa shape index (κ2) is 5.80. The van der Waals surface area contributed by atoms with E-state index >= 15 is 0 Å². The highest BCUT2D eigenvalue weighted by Gasteiger charge is 2.12. The number of benzene rings is 2. The summed E-state index contributed by atoms with van der Waals surface area (Å²) in [6.45, 7) is 2.16. The van der Waals surface area contributed by atoms with Crippen molar-refractivity contribution in [2.24, 2.45) is 4.36 Å².